The number of hydrogen-bond acceptors (Lipinski definition) is 1. The van der Waals surface area contributed by atoms with Gasteiger partial charge >= 0.3 is 0 Å². The minimum Gasteiger partial charge on any atom is -0.381 e. The lowest BCUT2D eigenvalue weighted by Crippen LogP contribution is -2.05. The molecule has 1 aliphatic heterocycles. The molecule has 0 radical (unpaired) electrons. The number of rotatable bonds is 1. The van der Waals surface area contributed by atoms with Crippen LogP contribution in [-0.2, 0) is 4.74 Å². The van der Waals surface area contributed by atoms with E-state index in [1.54, 1.807) is 0 Å². The second-order valence-electron chi connectivity index (χ2n) is 3.53. The molecular formula is C11H14O. The molecule has 12 heavy (non-hydrogen) atoms. The summed E-state index contributed by atoms with van der Waals surface area (Å²) in [6, 6.07) is 10.6. The maximum atomic E-state index is 5.42. The Morgan fingerprint density at radius 3 is 2.50 bits per heavy atom. The fourth-order valence-electron chi connectivity index (χ4n) is 1.79. The molecule has 2 unspecified atom stereocenters. The van der Waals surface area contributed by atoms with Crippen LogP contribution in [0.5, 0.6) is 0 Å². The maximum absolute atomic E-state index is 5.42. The van der Waals surface area contributed by atoms with Gasteiger partial charge in [-0.15, -0.1) is 0 Å². The van der Waals surface area contributed by atoms with Gasteiger partial charge in [-0.3, -0.25) is 0 Å². The van der Waals surface area contributed by atoms with E-state index in [9.17, 15) is 0 Å². The van der Waals surface area contributed by atoms with Crippen molar-refractivity contribution in [2.45, 2.75) is 12.8 Å². The Morgan fingerprint density at radius 2 is 1.92 bits per heavy atom. The Kier molecular flexibility index (Phi) is 2.13. The third kappa shape index (κ3) is 1.37. The standard InChI is InChI=1S/C11H14O/c1-9-7-12-8-11(9)10-5-3-2-4-6-10/h2-6,9,11H,7-8H2,1H3. The lowest BCUT2D eigenvalue weighted by Gasteiger charge is -2.12. The molecule has 1 saturated heterocycles. The molecule has 1 aromatic carbocycles. The quantitative estimate of drug-likeness (QED) is 0.616. The Labute approximate surface area is 73.4 Å². The van der Waals surface area contributed by atoms with E-state index in [1.165, 1.54) is 5.56 Å². The molecule has 2 atom stereocenters. The van der Waals surface area contributed by atoms with E-state index in [0.717, 1.165) is 13.2 Å². The molecule has 0 bridgehead atoms. The fraction of sp³-hybridized carbons (Fsp3) is 0.455. The smallest absolute Gasteiger partial charge is 0.0538 e. The topological polar surface area (TPSA) is 9.23 Å². The van der Waals surface area contributed by atoms with Crippen molar-refractivity contribution >= 4 is 0 Å². The summed E-state index contributed by atoms with van der Waals surface area (Å²) >= 11 is 0. The Balaban J connectivity index is 2.19. The first-order chi connectivity index (χ1) is 5.88. The first-order valence-corrected chi connectivity index (χ1v) is 4.50. The lowest BCUT2D eigenvalue weighted by atomic mass is 9.91. The van der Waals surface area contributed by atoms with Gasteiger partial charge in [-0.2, -0.15) is 0 Å². The second-order valence-corrected chi connectivity index (χ2v) is 3.53. The normalized spacial score (nSPS) is 29.1. The highest BCUT2D eigenvalue weighted by Gasteiger charge is 2.25. The van der Waals surface area contributed by atoms with E-state index in [4.69, 9.17) is 4.74 Å². The van der Waals surface area contributed by atoms with Crippen molar-refractivity contribution in [1.29, 1.82) is 0 Å². The van der Waals surface area contributed by atoms with Crippen LogP contribution in [0.15, 0.2) is 30.3 Å². The number of ether oxygens (including phenoxy) is 1. The summed E-state index contributed by atoms with van der Waals surface area (Å²) in [4.78, 5) is 0. The molecule has 1 heterocycles. The Bertz CT molecular complexity index is 242. The molecule has 2 rings (SSSR count). The van der Waals surface area contributed by atoms with E-state index >= 15 is 0 Å². The molecule has 1 heteroatoms. The monoisotopic (exact) mass is 162 g/mol. The summed E-state index contributed by atoms with van der Waals surface area (Å²) < 4.78 is 5.42. The summed E-state index contributed by atoms with van der Waals surface area (Å²) in [5, 5.41) is 0. The summed E-state index contributed by atoms with van der Waals surface area (Å²) in [6.45, 7) is 4.06. The highest BCUT2D eigenvalue weighted by atomic mass is 16.5. The first-order valence-electron chi connectivity index (χ1n) is 4.50. The predicted molar refractivity (Wildman–Crippen MR) is 49.2 cm³/mol. The zero-order valence-electron chi connectivity index (χ0n) is 7.36. The molecule has 0 spiro atoms. The molecule has 0 saturated carbocycles. The van der Waals surface area contributed by atoms with E-state index in [0.29, 0.717) is 11.8 Å². The fourth-order valence-corrected chi connectivity index (χ4v) is 1.79. The van der Waals surface area contributed by atoms with Crippen LogP contribution in [0.2, 0.25) is 0 Å². The molecule has 1 fully saturated rings. The zero-order valence-corrected chi connectivity index (χ0v) is 7.36. The van der Waals surface area contributed by atoms with Gasteiger partial charge in [0.2, 0.25) is 0 Å². The van der Waals surface area contributed by atoms with Gasteiger partial charge in [0.25, 0.3) is 0 Å². The van der Waals surface area contributed by atoms with Crippen LogP contribution < -0.4 is 0 Å². The van der Waals surface area contributed by atoms with Gasteiger partial charge < -0.3 is 4.74 Å². The van der Waals surface area contributed by atoms with Gasteiger partial charge in [0.05, 0.1) is 6.61 Å². The minimum absolute atomic E-state index is 0.617. The van der Waals surface area contributed by atoms with Crippen molar-refractivity contribution in [1.82, 2.24) is 0 Å². The lowest BCUT2D eigenvalue weighted by molar-refractivity contribution is 0.186. The van der Waals surface area contributed by atoms with E-state index < -0.39 is 0 Å². The van der Waals surface area contributed by atoms with Gasteiger partial charge in [0.1, 0.15) is 0 Å². The highest BCUT2D eigenvalue weighted by Crippen LogP contribution is 2.29. The predicted octanol–water partition coefficient (Wildman–Crippen LogP) is 2.44. The molecule has 1 nitrogen and oxygen atoms in total. The average molecular weight is 162 g/mol. The van der Waals surface area contributed by atoms with Crippen LogP contribution in [0.25, 0.3) is 0 Å². The van der Waals surface area contributed by atoms with Gasteiger partial charge in [0, 0.05) is 12.5 Å². The molecule has 0 N–H and O–H groups in total. The number of benzene rings is 1. The zero-order chi connectivity index (χ0) is 8.39. The highest BCUT2D eigenvalue weighted by molar-refractivity contribution is 5.20. The van der Waals surface area contributed by atoms with Crippen LogP contribution >= 0.6 is 0 Å². The van der Waals surface area contributed by atoms with Crippen molar-refractivity contribution in [2.75, 3.05) is 13.2 Å². The summed E-state index contributed by atoms with van der Waals surface area (Å²) in [7, 11) is 0. The second kappa shape index (κ2) is 3.28. The maximum Gasteiger partial charge on any atom is 0.0538 e. The molecule has 0 aromatic heterocycles. The van der Waals surface area contributed by atoms with Crippen molar-refractivity contribution in [3.8, 4) is 0 Å². The van der Waals surface area contributed by atoms with Crippen molar-refractivity contribution in [3.05, 3.63) is 35.9 Å². The Hall–Kier alpha value is -0.820. The summed E-state index contributed by atoms with van der Waals surface area (Å²) in [5.41, 5.74) is 1.42. The van der Waals surface area contributed by atoms with Crippen molar-refractivity contribution in [3.63, 3.8) is 0 Å². The molecular weight excluding hydrogens is 148 g/mol. The van der Waals surface area contributed by atoms with Crippen LogP contribution in [0.3, 0.4) is 0 Å². The van der Waals surface area contributed by atoms with E-state index in [-0.39, 0.29) is 0 Å². The summed E-state index contributed by atoms with van der Waals surface area (Å²) in [5.74, 6) is 1.29. The summed E-state index contributed by atoms with van der Waals surface area (Å²) in [6.07, 6.45) is 0. The SMILES string of the molecule is CC1COCC1c1ccccc1. The van der Waals surface area contributed by atoms with Crippen LogP contribution in [0.1, 0.15) is 18.4 Å². The van der Waals surface area contributed by atoms with Crippen LogP contribution in [-0.4, -0.2) is 13.2 Å². The van der Waals surface area contributed by atoms with E-state index in [1.807, 2.05) is 0 Å². The van der Waals surface area contributed by atoms with Crippen LogP contribution in [0.4, 0.5) is 0 Å². The third-order valence-electron chi connectivity index (χ3n) is 2.59. The molecule has 64 valence electrons. The molecule has 1 aliphatic rings. The number of hydrogen-bond donors (Lipinski definition) is 0. The first kappa shape index (κ1) is 7.81. The molecule has 1 aromatic rings. The average Bonchev–Trinajstić information content (AvgIpc) is 2.53. The van der Waals surface area contributed by atoms with Crippen molar-refractivity contribution in [2.24, 2.45) is 5.92 Å². The third-order valence-corrected chi connectivity index (χ3v) is 2.59. The van der Waals surface area contributed by atoms with E-state index in [2.05, 4.69) is 37.3 Å². The van der Waals surface area contributed by atoms with Gasteiger partial charge in [-0.1, -0.05) is 37.3 Å². The van der Waals surface area contributed by atoms with Gasteiger partial charge in [-0.25, -0.2) is 0 Å². The minimum atomic E-state index is 0.617. The largest absolute Gasteiger partial charge is 0.381 e. The molecule has 0 amide bonds. The van der Waals surface area contributed by atoms with Crippen LogP contribution in [0, 0.1) is 5.92 Å². The van der Waals surface area contributed by atoms with Gasteiger partial charge in [0.15, 0.2) is 0 Å². The molecule has 0 aliphatic carbocycles. The Morgan fingerprint density at radius 1 is 1.17 bits per heavy atom. The van der Waals surface area contributed by atoms with Crippen molar-refractivity contribution < 1.29 is 4.74 Å². The van der Waals surface area contributed by atoms with Gasteiger partial charge in [-0.05, 0) is 11.5 Å².